The Morgan fingerprint density at radius 2 is 0.523 bits per heavy atom. The van der Waals surface area contributed by atoms with Crippen LogP contribution in [-0.4, -0.2) is 15.3 Å². The van der Waals surface area contributed by atoms with Gasteiger partial charge in [0.1, 0.15) is 17.2 Å². The second kappa shape index (κ2) is 19.7. The highest BCUT2D eigenvalue weighted by molar-refractivity contribution is 7.79. The third-order valence-corrected chi connectivity index (χ3v) is 8.83. The van der Waals surface area contributed by atoms with Crippen molar-refractivity contribution >= 4 is 33.7 Å². The Morgan fingerprint density at radius 3 is 0.705 bits per heavy atom. The Labute approximate surface area is 266 Å². The van der Waals surface area contributed by atoms with Crippen molar-refractivity contribution in [3.8, 4) is 17.2 Å². The summed E-state index contributed by atoms with van der Waals surface area (Å²) in [5.74, 6) is 1.10. The molecule has 0 saturated carbocycles. The molecule has 0 fully saturated rings. The van der Waals surface area contributed by atoms with Gasteiger partial charge in [0.15, 0.2) is 0 Å². The fraction of sp³-hybridized carbons (Fsp3) is 0.0769. The Bertz CT molecular complexity index is 1370. The maximum absolute atomic E-state index is 8.92. The Hall–Kier alpha value is -4.42. The summed E-state index contributed by atoms with van der Waals surface area (Å²) in [4.78, 5) is 0. The van der Waals surface area contributed by atoms with Crippen molar-refractivity contribution in [2.45, 2.75) is 20.8 Å². The van der Waals surface area contributed by atoms with Crippen LogP contribution in [0.3, 0.4) is 0 Å². The van der Waals surface area contributed by atoms with Crippen LogP contribution < -0.4 is 15.9 Å². The normalized spacial score (nSPS) is 9.55. The number of rotatable bonds is 3. The quantitative estimate of drug-likeness (QED) is 0.174. The van der Waals surface area contributed by atoms with Gasteiger partial charge in [-0.15, -0.1) is 0 Å². The molecule has 3 nitrogen and oxygen atoms in total. The molecule has 1 atom stereocenters. The summed E-state index contributed by atoms with van der Waals surface area (Å²) in [5, 5.41) is 31.0. The van der Waals surface area contributed by atoms with Crippen LogP contribution in [0.1, 0.15) is 16.7 Å². The van der Waals surface area contributed by atoms with E-state index < -0.39 is 7.92 Å². The van der Waals surface area contributed by atoms with Gasteiger partial charge in [-0.25, -0.2) is 0 Å². The molecular weight excluding hydrogens is 578 g/mol. The smallest absolute Gasteiger partial charge is 0.118 e. The number of hydrogen-bond acceptors (Lipinski definition) is 3. The van der Waals surface area contributed by atoms with E-state index in [4.69, 9.17) is 15.3 Å². The van der Waals surface area contributed by atoms with E-state index in [-0.39, 0.29) is 9.90 Å². The summed E-state index contributed by atoms with van der Waals surface area (Å²) in [7, 11) is -0.446. The summed E-state index contributed by atoms with van der Waals surface area (Å²) in [6.07, 6.45) is 0. The molecule has 44 heavy (non-hydrogen) atoms. The molecule has 0 spiro atoms. The molecule has 1 unspecified atom stereocenters. The van der Waals surface area contributed by atoms with E-state index in [9.17, 15) is 0 Å². The Kier molecular flexibility index (Phi) is 16.0. The molecule has 0 aliphatic rings. The topological polar surface area (TPSA) is 60.7 Å². The lowest BCUT2D eigenvalue weighted by atomic mass is 10.2. The van der Waals surface area contributed by atoms with E-state index in [1.807, 2.05) is 75.4 Å². The van der Waals surface area contributed by atoms with Crippen molar-refractivity contribution in [3.63, 3.8) is 0 Å². The van der Waals surface area contributed by atoms with Crippen molar-refractivity contribution in [2.75, 3.05) is 0 Å². The van der Waals surface area contributed by atoms with Crippen molar-refractivity contribution in [1.29, 1.82) is 0 Å². The van der Waals surface area contributed by atoms with E-state index in [2.05, 4.69) is 91.0 Å². The highest BCUT2D eigenvalue weighted by atomic mass is 31.1. The van der Waals surface area contributed by atoms with Gasteiger partial charge < -0.3 is 15.3 Å². The van der Waals surface area contributed by atoms with Gasteiger partial charge in [0.05, 0.1) is 0 Å². The van der Waals surface area contributed by atoms with Crippen LogP contribution >= 0.6 is 17.8 Å². The minimum Gasteiger partial charge on any atom is -0.508 e. The van der Waals surface area contributed by atoms with Crippen molar-refractivity contribution in [2.24, 2.45) is 0 Å². The van der Waals surface area contributed by atoms with E-state index >= 15 is 0 Å². The molecule has 0 bridgehead atoms. The average molecular weight is 621 g/mol. The van der Waals surface area contributed by atoms with Crippen LogP contribution in [0.2, 0.25) is 0 Å². The Balaban J connectivity index is 0.000000226. The van der Waals surface area contributed by atoms with Gasteiger partial charge in [-0.05, 0) is 79.5 Å². The summed E-state index contributed by atoms with van der Waals surface area (Å²) in [6, 6.07) is 54.1. The molecule has 0 radical (unpaired) electrons. The monoisotopic (exact) mass is 620 g/mol. The van der Waals surface area contributed by atoms with Crippen LogP contribution in [0.4, 0.5) is 0 Å². The molecule has 0 aromatic heterocycles. The van der Waals surface area contributed by atoms with Crippen molar-refractivity contribution in [3.05, 3.63) is 180 Å². The summed E-state index contributed by atoms with van der Waals surface area (Å²) >= 11 is 0. The average Bonchev–Trinajstić information content (AvgIpc) is 3.04. The predicted molar refractivity (Wildman–Crippen MR) is 195 cm³/mol. The van der Waals surface area contributed by atoms with Gasteiger partial charge in [0.25, 0.3) is 0 Å². The second-order valence-electron chi connectivity index (χ2n) is 9.70. The molecule has 0 aliphatic carbocycles. The van der Waals surface area contributed by atoms with Gasteiger partial charge in [-0.3, -0.25) is 0 Å². The van der Waals surface area contributed by atoms with Crippen LogP contribution in [0.25, 0.3) is 0 Å². The SMILES string of the molecule is Cc1ccccc1O.Cc1ccccc1O.Cc1ccccc1O.P.c1ccc(P(c2ccccc2)c2ccccc2)cc1. The molecule has 3 N–H and O–H groups in total. The van der Waals surface area contributed by atoms with Crippen LogP contribution in [-0.2, 0) is 0 Å². The standard InChI is InChI=1S/C18H15P.3C7H8O.H3P/c1-4-10-16(11-5-1)19(17-12-6-2-7-13-17)18-14-8-3-9-15-18;3*1-6-4-2-3-5-7(6)8;/h1-15H;3*2-5,8H,1H3;1H3. The number of aryl methyl sites for hydroxylation is 3. The predicted octanol–water partition coefficient (Wildman–Crippen LogP) is 8.60. The minimum absolute atomic E-state index is 0. The van der Waals surface area contributed by atoms with Crippen molar-refractivity contribution in [1.82, 2.24) is 0 Å². The fourth-order valence-corrected chi connectivity index (χ4v) is 6.17. The number of phenolic OH excluding ortho intramolecular Hbond substituents is 3. The maximum Gasteiger partial charge on any atom is 0.118 e. The molecule has 226 valence electrons. The zero-order valence-corrected chi connectivity index (χ0v) is 27.9. The third kappa shape index (κ3) is 12.1. The van der Waals surface area contributed by atoms with E-state index in [1.165, 1.54) is 15.9 Å². The first-order chi connectivity index (χ1) is 20.9. The highest BCUT2D eigenvalue weighted by Gasteiger charge is 2.15. The minimum atomic E-state index is -0.446. The third-order valence-electron chi connectivity index (χ3n) is 6.39. The summed E-state index contributed by atoms with van der Waals surface area (Å²) in [6.45, 7) is 5.61. The lowest BCUT2D eigenvalue weighted by Crippen LogP contribution is -2.20. The molecule has 6 rings (SSSR count). The zero-order chi connectivity index (χ0) is 30.9. The van der Waals surface area contributed by atoms with Gasteiger partial charge in [-0.2, -0.15) is 9.90 Å². The van der Waals surface area contributed by atoms with Crippen LogP contribution in [0, 0.1) is 20.8 Å². The maximum atomic E-state index is 8.92. The zero-order valence-electron chi connectivity index (χ0n) is 25.6. The second-order valence-corrected chi connectivity index (χ2v) is 11.9. The van der Waals surface area contributed by atoms with Crippen LogP contribution in [0.15, 0.2) is 164 Å². The number of para-hydroxylation sites is 3. The number of hydrogen-bond donors (Lipinski definition) is 3. The van der Waals surface area contributed by atoms with Gasteiger partial charge in [0.2, 0.25) is 0 Å². The number of phenols is 3. The lowest BCUT2D eigenvalue weighted by molar-refractivity contribution is 0.470. The fourth-order valence-electron chi connectivity index (χ4n) is 3.87. The summed E-state index contributed by atoms with van der Waals surface area (Å²) < 4.78 is 0. The molecule has 5 heteroatoms. The Morgan fingerprint density at radius 1 is 0.318 bits per heavy atom. The molecular formula is C39H42O3P2. The lowest BCUT2D eigenvalue weighted by Gasteiger charge is -2.18. The molecule has 0 heterocycles. The van der Waals surface area contributed by atoms with Gasteiger partial charge >= 0.3 is 0 Å². The first kappa shape index (κ1) is 35.8. The van der Waals surface area contributed by atoms with Gasteiger partial charge in [0, 0.05) is 0 Å². The molecule has 0 aliphatic heterocycles. The molecule has 0 saturated heterocycles. The molecule has 6 aromatic rings. The largest absolute Gasteiger partial charge is 0.508 e. The number of benzene rings is 6. The molecule has 6 aromatic carbocycles. The van der Waals surface area contributed by atoms with E-state index in [1.54, 1.807) is 18.2 Å². The first-order valence-corrected chi connectivity index (χ1v) is 15.4. The summed E-state index contributed by atoms with van der Waals surface area (Å²) in [5.41, 5.74) is 2.77. The van der Waals surface area contributed by atoms with Crippen LogP contribution in [0.5, 0.6) is 17.2 Å². The van der Waals surface area contributed by atoms with Crippen molar-refractivity contribution < 1.29 is 15.3 Å². The van der Waals surface area contributed by atoms with E-state index in [0.717, 1.165) is 16.7 Å². The number of aromatic hydroxyl groups is 3. The first-order valence-electron chi connectivity index (χ1n) is 14.1. The van der Waals surface area contributed by atoms with Gasteiger partial charge in [-0.1, -0.05) is 146 Å². The van der Waals surface area contributed by atoms with E-state index in [0.29, 0.717) is 17.2 Å². The highest BCUT2D eigenvalue weighted by Crippen LogP contribution is 2.32. The molecule has 0 amide bonds.